The molecule has 0 saturated carbocycles. The van der Waals surface area contributed by atoms with Crippen molar-refractivity contribution >= 4 is 39.3 Å². The summed E-state index contributed by atoms with van der Waals surface area (Å²) in [7, 11) is -0.218. The Morgan fingerprint density at radius 1 is 1.30 bits per heavy atom. The Morgan fingerprint density at radius 3 is 2.67 bits per heavy atom. The number of aliphatic imine (C=N–C) groups is 1. The van der Waals surface area contributed by atoms with Crippen LogP contribution in [0.1, 0.15) is 18.1 Å². The molecule has 0 fully saturated rings. The zero-order valence-corrected chi connectivity index (χ0v) is 17.4. The Kier molecular flexibility index (Phi) is 7.10. The number of methoxy groups -OCH3 is 1. The van der Waals surface area contributed by atoms with Gasteiger partial charge in [0, 0.05) is 19.2 Å². The number of para-hydroxylation sites is 1. The summed E-state index contributed by atoms with van der Waals surface area (Å²) < 4.78 is 33.0. The molecule has 8 heteroatoms. The molecule has 2 aromatic rings. The van der Waals surface area contributed by atoms with Gasteiger partial charge in [-0.15, -0.1) is 0 Å². The second kappa shape index (κ2) is 9.10. The number of aryl methyl sites for hydroxylation is 1. The van der Waals surface area contributed by atoms with Crippen LogP contribution in [0.4, 0.5) is 11.4 Å². The molecule has 1 N–H and O–H groups in total. The van der Waals surface area contributed by atoms with Crippen molar-refractivity contribution in [2.75, 3.05) is 25.4 Å². The lowest BCUT2D eigenvalue weighted by Crippen LogP contribution is -2.16. The maximum absolute atomic E-state index is 12.6. The van der Waals surface area contributed by atoms with Crippen LogP contribution >= 0.6 is 11.6 Å². The molecule has 27 heavy (non-hydrogen) atoms. The minimum absolute atomic E-state index is 0.199. The normalized spacial score (nSPS) is 11.6. The molecule has 0 aliphatic carbocycles. The Labute approximate surface area is 165 Å². The molecular formula is C19H24ClN3O3S. The molecule has 0 spiro atoms. The van der Waals surface area contributed by atoms with E-state index in [-0.39, 0.29) is 5.75 Å². The van der Waals surface area contributed by atoms with E-state index in [1.807, 2.05) is 18.9 Å². The van der Waals surface area contributed by atoms with Crippen molar-refractivity contribution < 1.29 is 13.2 Å². The van der Waals surface area contributed by atoms with E-state index < -0.39 is 10.0 Å². The van der Waals surface area contributed by atoms with E-state index in [2.05, 4.69) is 9.71 Å². The highest BCUT2D eigenvalue weighted by molar-refractivity contribution is 7.91. The van der Waals surface area contributed by atoms with Gasteiger partial charge in [0.1, 0.15) is 5.75 Å². The summed E-state index contributed by atoms with van der Waals surface area (Å²) >= 11 is 6.28. The Morgan fingerprint density at radius 2 is 2.00 bits per heavy atom. The highest BCUT2D eigenvalue weighted by Crippen LogP contribution is 2.32. The van der Waals surface area contributed by atoms with E-state index >= 15 is 0 Å². The molecule has 0 aromatic heterocycles. The Bertz CT molecular complexity index is 930. The monoisotopic (exact) mass is 409 g/mol. The summed E-state index contributed by atoms with van der Waals surface area (Å²) in [5.74, 6) is 0.331. The first-order chi connectivity index (χ1) is 12.8. The van der Waals surface area contributed by atoms with E-state index in [1.54, 1.807) is 49.7 Å². The number of nitrogens with zero attached hydrogens (tertiary/aromatic N) is 2. The zero-order chi connectivity index (χ0) is 20.0. The maximum atomic E-state index is 12.6. The lowest BCUT2D eigenvalue weighted by molar-refractivity contribution is 0.411. The van der Waals surface area contributed by atoms with Crippen molar-refractivity contribution in [3.63, 3.8) is 0 Å². The van der Waals surface area contributed by atoms with Crippen LogP contribution in [0.5, 0.6) is 5.75 Å². The first-order valence-corrected chi connectivity index (χ1v) is 10.5. The van der Waals surface area contributed by atoms with Crippen LogP contribution in [0.15, 0.2) is 41.4 Å². The number of nitrogens with one attached hydrogen (secondary N) is 1. The highest BCUT2D eigenvalue weighted by Gasteiger charge is 2.17. The quantitative estimate of drug-likeness (QED) is 0.523. The number of hydrogen-bond donors (Lipinski definition) is 1. The van der Waals surface area contributed by atoms with E-state index in [0.29, 0.717) is 27.7 Å². The van der Waals surface area contributed by atoms with Gasteiger partial charge in [0.25, 0.3) is 0 Å². The minimum Gasteiger partial charge on any atom is -0.496 e. The summed E-state index contributed by atoms with van der Waals surface area (Å²) in [5.41, 5.74) is 2.33. The van der Waals surface area contributed by atoms with Gasteiger partial charge in [-0.3, -0.25) is 4.72 Å². The van der Waals surface area contributed by atoms with Crippen LogP contribution in [0, 0.1) is 6.92 Å². The summed E-state index contributed by atoms with van der Waals surface area (Å²) in [6.45, 7) is 4.64. The topological polar surface area (TPSA) is 71.0 Å². The Hall–Kier alpha value is -2.25. The largest absolute Gasteiger partial charge is 0.496 e. The van der Waals surface area contributed by atoms with Gasteiger partial charge < -0.3 is 9.64 Å². The van der Waals surface area contributed by atoms with Crippen molar-refractivity contribution in [2.24, 2.45) is 4.99 Å². The summed E-state index contributed by atoms with van der Waals surface area (Å²) in [6, 6.07) is 10.3. The first kappa shape index (κ1) is 21.1. The van der Waals surface area contributed by atoms with Gasteiger partial charge in [-0.05, 0) is 37.6 Å². The summed E-state index contributed by atoms with van der Waals surface area (Å²) in [5, 5.41) is 0.372. The summed E-state index contributed by atoms with van der Waals surface area (Å²) in [4.78, 5) is 6.25. The maximum Gasteiger partial charge on any atom is 0.237 e. The number of halogens is 1. The highest BCUT2D eigenvalue weighted by atomic mass is 35.5. The fourth-order valence-electron chi connectivity index (χ4n) is 2.35. The lowest BCUT2D eigenvalue weighted by Gasteiger charge is -2.14. The van der Waals surface area contributed by atoms with Gasteiger partial charge in [-0.2, -0.15) is 0 Å². The van der Waals surface area contributed by atoms with E-state index in [0.717, 1.165) is 12.1 Å². The van der Waals surface area contributed by atoms with Crippen molar-refractivity contribution in [2.45, 2.75) is 19.6 Å². The molecule has 0 unspecified atom stereocenters. The van der Waals surface area contributed by atoms with Crippen molar-refractivity contribution in [3.8, 4) is 5.75 Å². The van der Waals surface area contributed by atoms with Crippen LogP contribution < -0.4 is 9.46 Å². The molecule has 0 aliphatic rings. The number of ether oxygens (including phenoxy) is 1. The molecular weight excluding hydrogens is 386 g/mol. The first-order valence-electron chi connectivity index (χ1n) is 8.42. The van der Waals surface area contributed by atoms with Gasteiger partial charge in [0.15, 0.2) is 0 Å². The van der Waals surface area contributed by atoms with E-state index in [4.69, 9.17) is 16.3 Å². The number of hydrogen-bond acceptors (Lipinski definition) is 4. The molecule has 0 amide bonds. The van der Waals surface area contributed by atoms with Crippen LogP contribution in [0.2, 0.25) is 5.02 Å². The lowest BCUT2D eigenvalue weighted by atomic mass is 10.2. The van der Waals surface area contributed by atoms with Crippen molar-refractivity contribution in [1.29, 1.82) is 0 Å². The smallest absolute Gasteiger partial charge is 0.237 e. The molecule has 0 bridgehead atoms. The third-order valence-corrected chi connectivity index (χ3v) is 5.51. The fraction of sp³-hybridized carbons (Fsp3) is 0.316. The van der Waals surface area contributed by atoms with Crippen LogP contribution in [-0.4, -0.2) is 40.4 Å². The predicted octanol–water partition coefficient (Wildman–Crippen LogP) is 4.21. The Balaban J connectivity index is 2.23. The second-order valence-corrected chi connectivity index (χ2v) is 8.24. The molecule has 0 heterocycles. The van der Waals surface area contributed by atoms with Gasteiger partial charge in [0.2, 0.25) is 10.0 Å². The van der Waals surface area contributed by atoms with Gasteiger partial charge in [-0.25, -0.2) is 13.4 Å². The molecule has 0 radical (unpaired) electrons. The van der Waals surface area contributed by atoms with Crippen LogP contribution in [0.25, 0.3) is 0 Å². The average Bonchev–Trinajstić information content (AvgIpc) is 2.62. The third-order valence-electron chi connectivity index (χ3n) is 3.99. The molecule has 0 saturated heterocycles. The number of sulfonamides is 1. The molecule has 0 aliphatic heterocycles. The molecule has 146 valence electrons. The summed E-state index contributed by atoms with van der Waals surface area (Å²) in [6.07, 6.45) is 1.69. The molecule has 0 atom stereocenters. The minimum atomic E-state index is -3.64. The van der Waals surface area contributed by atoms with Crippen molar-refractivity contribution in [3.05, 3.63) is 52.5 Å². The van der Waals surface area contributed by atoms with Crippen LogP contribution in [-0.2, 0) is 15.8 Å². The van der Waals surface area contributed by atoms with Gasteiger partial charge in [-0.1, -0.05) is 29.8 Å². The predicted molar refractivity (Wildman–Crippen MR) is 112 cm³/mol. The number of anilines is 1. The molecule has 6 nitrogen and oxygen atoms in total. The average molecular weight is 410 g/mol. The molecule has 2 rings (SSSR count). The fourth-order valence-corrected chi connectivity index (χ4v) is 3.84. The van der Waals surface area contributed by atoms with Gasteiger partial charge in [0.05, 0.1) is 35.6 Å². The van der Waals surface area contributed by atoms with E-state index in [9.17, 15) is 8.42 Å². The van der Waals surface area contributed by atoms with Crippen molar-refractivity contribution in [1.82, 2.24) is 4.90 Å². The third kappa shape index (κ3) is 5.87. The number of benzene rings is 2. The standard InChI is InChI=1S/C19H24ClN3O3S/c1-5-23(3)13-21-18-10-14(2)17(11-16(18)20)22-27(24,25)12-15-8-6-7-9-19(15)26-4/h6-11,13,22H,5,12H2,1-4H3/b21-13-. The number of rotatable bonds is 8. The van der Waals surface area contributed by atoms with Crippen LogP contribution in [0.3, 0.4) is 0 Å². The molecule has 2 aromatic carbocycles. The second-order valence-electron chi connectivity index (χ2n) is 6.11. The van der Waals surface area contributed by atoms with E-state index in [1.165, 1.54) is 7.11 Å². The van der Waals surface area contributed by atoms with Gasteiger partial charge >= 0.3 is 0 Å². The zero-order valence-electron chi connectivity index (χ0n) is 15.9. The SMILES string of the molecule is CCN(C)/C=N\c1cc(C)c(NS(=O)(=O)Cc2ccccc2OC)cc1Cl.